The van der Waals surface area contributed by atoms with Crippen molar-refractivity contribution in [2.45, 2.75) is 32.5 Å². The summed E-state index contributed by atoms with van der Waals surface area (Å²) in [6, 6.07) is -1.02. The van der Waals surface area contributed by atoms with Crippen LogP contribution in [0.4, 0.5) is 4.39 Å². The van der Waals surface area contributed by atoms with Crippen LogP contribution in [-0.2, 0) is 14.3 Å². The summed E-state index contributed by atoms with van der Waals surface area (Å²) in [5.41, 5.74) is 0. The second-order valence-corrected chi connectivity index (χ2v) is 2.88. The van der Waals surface area contributed by atoms with Crippen LogP contribution in [0.15, 0.2) is 0 Å². The number of carbonyl (C=O) groups excluding carboxylic acids is 2. The minimum atomic E-state index is -1.58. The van der Waals surface area contributed by atoms with Crippen molar-refractivity contribution in [3.63, 3.8) is 0 Å². The van der Waals surface area contributed by atoms with E-state index in [4.69, 9.17) is 6.42 Å². The van der Waals surface area contributed by atoms with Crippen molar-refractivity contribution in [3.05, 3.63) is 0 Å². The smallest absolute Gasteiger partial charge is 0.328 e. The fourth-order valence-corrected chi connectivity index (χ4v) is 0.977. The predicted molar refractivity (Wildman–Crippen MR) is 52.6 cm³/mol. The van der Waals surface area contributed by atoms with E-state index in [9.17, 15) is 14.0 Å². The number of carbonyl (C=O) groups is 2. The van der Waals surface area contributed by atoms with Crippen LogP contribution in [-0.4, -0.2) is 30.7 Å². The van der Waals surface area contributed by atoms with Crippen LogP contribution in [0, 0.1) is 12.3 Å². The molecule has 1 N–H and O–H groups in total. The molecule has 0 rings (SSSR count). The molecule has 0 radical (unpaired) electrons. The molecule has 0 aromatic carbocycles. The van der Waals surface area contributed by atoms with Crippen molar-refractivity contribution >= 4 is 11.9 Å². The Morgan fingerprint density at radius 3 is 2.60 bits per heavy atom. The molecule has 0 spiro atoms. The number of hydrogen-bond acceptors (Lipinski definition) is 3. The number of esters is 1. The molecular weight excluding hydrogens is 201 g/mol. The van der Waals surface area contributed by atoms with E-state index in [1.165, 1.54) is 6.92 Å². The normalized spacial score (nSPS) is 13.5. The number of amides is 1. The van der Waals surface area contributed by atoms with Gasteiger partial charge >= 0.3 is 5.97 Å². The highest BCUT2D eigenvalue weighted by Crippen LogP contribution is 2.04. The van der Waals surface area contributed by atoms with E-state index < -0.39 is 24.1 Å². The fraction of sp³-hybridized carbons (Fsp3) is 0.600. The van der Waals surface area contributed by atoms with Gasteiger partial charge in [0.1, 0.15) is 6.04 Å². The Kier molecular flexibility index (Phi) is 6.11. The van der Waals surface area contributed by atoms with Gasteiger partial charge in [-0.05, 0) is 6.92 Å². The fourth-order valence-electron chi connectivity index (χ4n) is 0.977. The van der Waals surface area contributed by atoms with Crippen LogP contribution in [0.5, 0.6) is 0 Å². The van der Waals surface area contributed by atoms with Crippen LogP contribution >= 0.6 is 0 Å². The lowest BCUT2D eigenvalue weighted by Gasteiger charge is -2.16. The molecule has 0 bridgehead atoms. The maximum atomic E-state index is 12.8. The van der Waals surface area contributed by atoms with Crippen LogP contribution in [0.1, 0.15) is 20.3 Å². The first-order valence-corrected chi connectivity index (χ1v) is 4.55. The highest BCUT2D eigenvalue weighted by atomic mass is 19.1. The van der Waals surface area contributed by atoms with E-state index in [1.807, 2.05) is 5.92 Å². The maximum absolute atomic E-state index is 12.8. The molecule has 84 valence electrons. The zero-order valence-electron chi connectivity index (χ0n) is 8.75. The van der Waals surface area contributed by atoms with Gasteiger partial charge in [0.05, 0.1) is 6.61 Å². The lowest BCUT2D eigenvalue weighted by molar-refractivity contribution is -0.147. The number of alkyl halides is 1. The Bertz CT molecular complexity index is 272. The first-order chi connectivity index (χ1) is 7.01. The molecule has 15 heavy (non-hydrogen) atoms. The zero-order valence-corrected chi connectivity index (χ0v) is 8.75. The standard InChI is InChI=1S/C10H14FNO3/c1-4-8(11)6-9(12-7(3)13)10(14)15-5-2/h1,8-9H,5-6H2,2-3H3,(H,12,13)/t8-,9-/m1/s1. The summed E-state index contributed by atoms with van der Waals surface area (Å²) in [6.45, 7) is 3.02. The van der Waals surface area contributed by atoms with Crippen molar-refractivity contribution in [1.82, 2.24) is 5.32 Å². The van der Waals surface area contributed by atoms with Gasteiger partial charge < -0.3 is 10.1 Å². The molecule has 5 heteroatoms. The van der Waals surface area contributed by atoms with Gasteiger partial charge in [-0.2, -0.15) is 0 Å². The summed E-state index contributed by atoms with van der Waals surface area (Å²) >= 11 is 0. The molecule has 0 aromatic heterocycles. The maximum Gasteiger partial charge on any atom is 0.328 e. The SMILES string of the molecule is C#C[C@@H](F)C[C@@H](NC(C)=O)C(=O)OCC. The van der Waals surface area contributed by atoms with Gasteiger partial charge in [-0.25, -0.2) is 9.18 Å². The van der Waals surface area contributed by atoms with Gasteiger partial charge in [0, 0.05) is 13.3 Å². The summed E-state index contributed by atoms with van der Waals surface area (Å²) < 4.78 is 17.5. The van der Waals surface area contributed by atoms with Gasteiger partial charge in [-0.15, -0.1) is 6.42 Å². The van der Waals surface area contributed by atoms with Gasteiger partial charge in [-0.3, -0.25) is 4.79 Å². The second kappa shape index (κ2) is 6.82. The molecule has 0 heterocycles. The number of ether oxygens (including phenoxy) is 1. The molecule has 0 aliphatic rings. The van der Waals surface area contributed by atoms with Crippen molar-refractivity contribution in [2.24, 2.45) is 0 Å². The van der Waals surface area contributed by atoms with E-state index >= 15 is 0 Å². The minimum Gasteiger partial charge on any atom is -0.464 e. The number of nitrogens with one attached hydrogen (secondary N) is 1. The minimum absolute atomic E-state index is 0.169. The third kappa shape index (κ3) is 5.68. The van der Waals surface area contributed by atoms with E-state index in [1.54, 1.807) is 6.92 Å². The molecule has 0 saturated heterocycles. The van der Waals surface area contributed by atoms with Gasteiger partial charge in [0.25, 0.3) is 0 Å². The number of terminal acetylenes is 1. The zero-order chi connectivity index (χ0) is 11.8. The van der Waals surface area contributed by atoms with Crippen molar-refractivity contribution in [2.75, 3.05) is 6.61 Å². The summed E-state index contributed by atoms with van der Waals surface area (Å²) in [5, 5.41) is 2.28. The largest absolute Gasteiger partial charge is 0.464 e. The summed E-state index contributed by atoms with van der Waals surface area (Å²) in [6.07, 6.45) is 2.99. The Labute approximate surface area is 88.2 Å². The Balaban J connectivity index is 4.37. The number of rotatable bonds is 5. The van der Waals surface area contributed by atoms with Gasteiger partial charge in [-0.1, -0.05) is 5.92 Å². The van der Waals surface area contributed by atoms with Crippen LogP contribution in [0.25, 0.3) is 0 Å². The molecule has 2 atom stereocenters. The van der Waals surface area contributed by atoms with E-state index in [0.29, 0.717) is 0 Å². The van der Waals surface area contributed by atoms with Crippen molar-refractivity contribution in [3.8, 4) is 12.3 Å². The molecule has 0 saturated carbocycles. The lowest BCUT2D eigenvalue weighted by atomic mass is 10.1. The highest BCUT2D eigenvalue weighted by Gasteiger charge is 2.23. The third-order valence-electron chi connectivity index (χ3n) is 1.57. The topological polar surface area (TPSA) is 55.4 Å². The summed E-state index contributed by atoms with van der Waals surface area (Å²) in [5.74, 6) is 0.731. The predicted octanol–water partition coefficient (Wildman–Crippen LogP) is 0.416. The average Bonchev–Trinajstić information content (AvgIpc) is 2.16. The van der Waals surface area contributed by atoms with E-state index in [-0.39, 0.29) is 13.0 Å². The van der Waals surface area contributed by atoms with E-state index in [2.05, 4.69) is 10.1 Å². The van der Waals surface area contributed by atoms with Gasteiger partial charge in [0.2, 0.25) is 5.91 Å². The quantitative estimate of drug-likeness (QED) is 0.534. The first-order valence-electron chi connectivity index (χ1n) is 4.55. The first kappa shape index (κ1) is 13.4. The third-order valence-corrected chi connectivity index (χ3v) is 1.57. The van der Waals surface area contributed by atoms with Crippen molar-refractivity contribution < 1.29 is 18.7 Å². The summed E-state index contributed by atoms with van der Waals surface area (Å²) in [7, 11) is 0. The molecule has 0 fully saturated rings. The number of halogens is 1. The molecule has 4 nitrogen and oxygen atoms in total. The molecule has 0 aliphatic heterocycles. The lowest BCUT2D eigenvalue weighted by Crippen LogP contribution is -2.42. The van der Waals surface area contributed by atoms with Gasteiger partial charge in [0.15, 0.2) is 6.17 Å². The second-order valence-electron chi connectivity index (χ2n) is 2.88. The molecular formula is C10H14FNO3. The van der Waals surface area contributed by atoms with E-state index in [0.717, 1.165) is 0 Å². The van der Waals surface area contributed by atoms with Crippen molar-refractivity contribution in [1.29, 1.82) is 0 Å². The van der Waals surface area contributed by atoms with Crippen LogP contribution in [0.3, 0.4) is 0 Å². The number of hydrogen-bond donors (Lipinski definition) is 1. The molecule has 0 aromatic rings. The molecule has 0 aliphatic carbocycles. The van der Waals surface area contributed by atoms with Crippen LogP contribution < -0.4 is 5.32 Å². The molecule has 1 amide bonds. The molecule has 0 unspecified atom stereocenters. The average molecular weight is 215 g/mol. The summed E-state index contributed by atoms with van der Waals surface area (Å²) in [4.78, 5) is 22.0. The Hall–Kier alpha value is -1.57. The Morgan fingerprint density at radius 1 is 1.60 bits per heavy atom. The highest BCUT2D eigenvalue weighted by molar-refractivity contribution is 5.83. The Morgan fingerprint density at radius 2 is 2.20 bits per heavy atom. The van der Waals surface area contributed by atoms with Crippen LogP contribution in [0.2, 0.25) is 0 Å². The monoisotopic (exact) mass is 215 g/mol.